The van der Waals surface area contributed by atoms with Crippen LogP contribution in [0.4, 0.5) is 0 Å². The smallest absolute Gasteiger partial charge is 0.306 e. The first-order chi connectivity index (χ1) is 6.87. The summed E-state index contributed by atoms with van der Waals surface area (Å²) in [6, 6.07) is 0. The van der Waals surface area contributed by atoms with E-state index in [0.717, 1.165) is 0 Å². The molecule has 0 fully saturated rings. The van der Waals surface area contributed by atoms with Crippen LogP contribution in [0.1, 0.15) is 20.3 Å². The second kappa shape index (κ2) is 6.76. The van der Waals surface area contributed by atoms with Crippen molar-refractivity contribution in [3.8, 4) is 0 Å². The molecule has 7 heteroatoms. The highest BCUT2D eigenvalue weighted by Crippen LogP contribution is 1.89. The van der Waals surface area contributed by atoms with Crippen LogP contribution in [0.2, 0.25) is 0 Å². The largest absolute Gasteiger partial charge is 0.469 e. The Kier molecular flexibility index (Phi) is 6.46. The summed E-state index contributed by atoms with van der Waals surface area (Å²) in [5.41, 5.74) is 0. The molecule has 0 aliphatic rings. The summed E-state index contributed by atoms with van der Waals surface area (Å²) >= 11 is 0. The number of carbonyl (C=O) groups excluding carboxylic acids is 1. The molecule has 6 nitrogen and oxygen atoms in total. The van der Waals surface area contributed by atoms with E-state index in [9.17, 15) is 13.2 Å². The molecule has 0 spiro atoms. The van der Waals surface area contributed by atoms with E-state index in [4.69, 9.17) is 0 Å². The summed E-state index contributed by atoms with van der Waals surface area (Å²) in [6.07, 6.45) is 0.0269. The summed E-state index contributed by atoms with van der Waals surface area (Å²) in [7, 11) is -2.23. The van der Waals surface area contributed by atoms with Crippen LogP contribution in [0.25, 0.3) is 0 Å². The van der Waals surface area contributed by atoms with Crippen LogP contribution in [0, 0.1) is 5.92 Å². The van der Waals surface area contributed by atoms with Crippen LogP contribution in [0.15, 0.2) is 0 Å². The van der Waals surface area contributed by atoms with E-state index >= 15 is 0 Å². The topological polar surface area (TPSA) is 84.5 Å². The van der Waals surface area contributed by atoms with Crippen molar-refractivity contribution >= 4 is 16.2 Å². The van der Waals surface area contributed by atoms with Crippen molar-refractivity contribution in [1.29, 1.82) is 0 Å². The number of ether oxygens (including phenoxy) is 1. The second-order valence-electron chi connectivity index (χ2n) is 3.47. The van der Waals surface area contributed by atoms with Gasteiger partial charge in [0.05, 0.1) is 13.5 Å². The molecule has 0 saturated heterocycles. The highest BCUT2D eigenvalue weighted by atomic mass is 32.2. The van der Waals surface area contributed by atoms with Crippen LogP contribution < -0.4 is 9.44 Å². The van der Waals surface area contributed by atoms with Crippen molar-refractivity contribution in [2.45, 2.75) is 20.3 Å². The fraction of sp³-hybridized carbons (Fsp3) is 0.875. The molecule has 15 heavy (non-hydrogen) atoms. The first kappa shape index (κ1) is 14.3. The zero-order valence-corrected chi connectivity index (χ0v) is 10.1. The molecule has 0 rings (SSSR count). The molecule has 0 heterocycles. The van der Waals surface area contributed by atoms with E-state index in [1.54, 1.807) is 0 Å². The van der Waals surface area contributed by atoms with Gasteiger partial charge in [-0.2, -0.15) is 8.42 Å². The minimum atomic E-state index is -3.49. The quantitative estimate of drug-likeness (QED) is 0.593. The zero-order chi connectivity index (χ0) is 11.9. The molecule has 0 aromatic rings. The van der Waals surface area contributed by atoms with Crippen LogP contribution in [-0.4, -0.2) is 34.6 Å². The number of hydrogen-bond donors (Lipinski definition) is 2. The second-order valence-corrected chi connectivity index (χ2v) is 5.05. The fourth-order valence-corrected chi connectivity index (χ4v) is 1.74. The Bertz CT molecular complexity index is 287. The Morgan fingerprint density at radius 2 is 1.93 bits per heavy atom. The molecule has 2 N–H and O–H groups in total. The Labute approximate surface area is 90.6 Å². The lowest BCUT2D eigenvalue weighted by Gasteiger charge is -2.09. The Morgan fingerprint density at radius 1 is 1.33 bits per heavy atom. The lowest BCUT2D eigenvalue weighted by molar-refractivity contribution is -0.140. The molecule has 0 aromatic heterocycles. The summed E-state index contributed by atoms with van der Waals surface area (Å²) < 4.78 is 31.4. The molecule has 90 valence electrons. The van der Waals surface area contributed by atoms with Gasteiger partial charge in [-0.1, -0.05) is 13.8 Å². The molecule has 0 bridgehead atoms. The van der Waals surface area contributed by atoms with E-state index in [2.05, 4.69) is 14.2 Å². The third kappa shape index (κ3) is 8.34. The first-order valence-corrected chi connectivity index (χ1v) is 6.16. The van der Waals surface area contributed by atoms with Crippen molar-refractivity contribution in [2.24, 2.45) is 5.92 Å². The van der Waals surface area contributed by atoms with Gasteiger partial charge >= 0.3 is 5.97 Å². The van der Waals surface area contributed by atoms with Gasteiger partial charge in [0.1, 0.15) is 0 Å². The number of methoxy groups -OCH3 is 1. The predicted molar refractivity (Wildman–Crippen MR) is 56.4 cm³/mol. The summed E-state index contributed by atoms with van der Waals surface area (Å²) in [4.78, 5) is 10.7. The molecule has 0 aromatic carbocycles. The molecule has 0 radical (unpaired) electrons. The van der Waals surface area contributed by atoms with Crippen molar-refractivity contribution in [3.05, 3.63) is 0 Å². The maximum Gasteiger partial charge on any atom is 0.306 e. The highest BCUT2D eigenvalue weighted by Gasteiger charge is 2.10. The summed E-state index contributed by atoms with van der Waals surface area (Å²) in [5, 5.41) is 0. The molecule has 0 aliphatic heterocycles. The van der Waals surface area contributed by atoms with Gasteiger partial charge in [0.15, 0.2) is 0 Å². The van der Waals surface area contributed by atoms with Crippen molar-refractivity contribution in [1.82, 2.24) is 9.44 Å². The standard InChI is InChI=1S/C8H18N2O4S/c1-7(2)6-10-15(12,13)9-5-4-8(11)14-3/h7,9-10H,4-6H2,1-3H3. The van der Waals surface area contributed by atoms with Crippen LogP contribution in [0.3, 0.4) is 0 Å². The molecule has 0 aliphatic carbocycles. The van der Waals surface area contributed by atoms with E-state index in [0.29, 0.717) is 6.54 Å². The molecule has 0 unspecified atom stereocenters. The fourth-order valence-electron chi connectivity index (χ4n) is 0.717. The minimum absolute atomic E-state index is 0.0269. The lowest BCUT2D eigenvalue weighted by atomic mass is 10.2. The maximum absolute atomic E-state index is 11.2. The molecule has 0 amide bonds. The predicted octanol–water partition coefficient (Wildman–Crippen LogP) is -0.370. The molecular formula is C8H18N2O4S. The Balaban J connectivity index is 3.80. The third-order valence-electron chi connectivity index (χ3n) is 1.53. The van der Waals surface area contributed by atoms with Crippen molar-refractivity contribution < 1.29 is 17.9 Å². The Hall–Kier alpha value is -0.660. The number of nitrogens with one attached hydrogen (secondary N) is 2. The number of esters is 1. The average molecular weight is 238 g/mol. The van der Waals surface area contributed by atoms with Gasteiger partial charge in [-0.15, -0.1) is 0 Å². The van der Waals surface area contributed by atoms with Crippen molar-refractivity contribution in [2.75, 3.05) is 20.2 Å². The molecule has 0 saturated carbocycles. The monoisotopic (exact) mass is 238 g/mol. The number of rotatable bonds is 7. The van der Waals surface area contributed by atoms with Gasteiger partial charge in [0.2, 0.25) is 0 Å². The normalized spacial score (nSPS) is 11.7. The van der Waals surface area contributed by atoms with Crippen LogP contribution in [0.5, 0.6) is 0 Å². The number of carbonyl (C=O) groups is 1. The Morgan fingerprint density at radius 3 is 2.40 bits per heavy atom. The van der Waals surface area contributed by atoms with Crippen molar-refractivity contribution in [3.63, 3.8) is 0 Å². The summed E-state index contributed by atoms with van der Waals surface area (Å²) in [5.74, 6) is -0.205. The highest BCUT2D eigenvalue weighted by molar-refractivity contribution is 7.87. The lowest BCUT2D eigenvalue weighted by Crippen LogP contribution is -2.39. The number of hydrogen-bond acceptors (Lipinski definition) is 4. The minimum Gasteiger partial charge on any atom is -0.469 e. The third-order valence-corrected chi connectivity index (χ3v) is 2.66. The van der Waals surface area contributed by atoms with Crippen LogP contribution >= 0.6 is 0 Å². The van der Waals surface area contributed by atoms with Gasteiger partial charge in [0.25, 0.3) is 10.2 Å². The first-order valence-electron chi connectivity index (χ1n) is 4.68. The van der Waals surface area contributed by atoms with Gasteiger partial charge in [-0.3, -0.25) is 4.79 Å². The zero-order valence-electron chi connectivity index (χ0n) is 9.24. The van der Waals surface area contributed by atoms with E-state index in [1.165, 1.54) is 7.11 Å². The molecule has 0 atom stereocenters. The SMILES string of the molecule is COC(=O)CCNS(=O)(=O)NCC(C)C. The van der Waals surface area contributed by atoms with Gasteiger partial charge in [-0.25, -0.2) is 9.44 Å². The maximum atomic E-state index is 11.2. The average Bonchev–Trinajstić information content (AvgIpc) is 2.14. The van der Waals surface area contributed by atoms with Crippen LogP contribution in [-0.2, 0) is 19.7 Å². The van der Waals surface area contributed by atoms with E-state index in [-0.39, 0.29) is 18.9 Å². The summed E-state index contributed by atoms with van der Waals surface area (Å²) in [6.45, 7) is 4.21. The van der Waals surface area contributed by atoms with Gasteiger partial charge < -0.3 is 4.74 Å². The van der Waals surface area contributed by atoms with E-state index < -0.39 is 16.2 Å². The van der Waals surface area contributed by atoms with Gasteiger partial charge in [0, 0.05) is 13.1 Å². The van der Waals surface area contributed by atoms with Gasteiger partial charge in [-0.05, 0) is 5.92 Å². The molecular weight excluding hydrogens is 220 g/mol. The van der Waals surface area contributed by atoms with E-state index in [1.807, 2.05) is 13.8 Å².